The van der Waals surface area contributed by atoms with Crippen LogP contribution in [-0.2, 0) is 5.60 Å². The molecule has 0 radical (unpaired) electrons. The zero-order valence-corrected chi connectivity index (χ0v) is 10.4. The van der Waals surface area contributed by atoms with Gasteiger partial charge in [-0.05, 0) is 44.9 Å². The van der Waals surface area contributed by atoms with Crippen molar-refractivity contribution in [3.63, 3.8) is 0 Å². The maximum Gasteiger partial charge on any atom is 0.132 e. The SMILES string of the molecule is Cc1cc(Br)c(C)c(C(C)(C)O)c1F. The Morgan fingerprint density at radius 2 is 1.86 bits per heavy atom. The molecule has 0 aliphatic heterocycles. The van der Waals surface area contributed by atoms with Crippen LogP contribution < -0.4 is 0 Å². The van der Waals surface area contributed by atoms with E-state index in [4.69, 9.17) is 0 Å². The molecule has 0 spiro atoms. The lowest BCUT2D eigenvalue weighted by Crippen LogP contribution is -2.20. The van der Waals surface area contributed by atoms with Gasteiger partial charge < -0.3 is 5.11 Å². The molecular weight excluding hydrogens is 247 g/mol. The first-order valence-electron chi connectivity index (χ1n) is 4.43. The van der Waals surface area contributed by atoms with E-state index >= 15 is 0 Å². The van der Waals surface area contributed by atoms with Gasteiger partial charge in [-0.2, -0.15) is 0 Å². The second kappa shape index (κ2) is 3.63. The molecule has 0 amide bonds. The van der Waals surface area contributed by atoms with Crippen LogP contribution in [0.1, 0.15) is 30.5 Å². The highest BCUT2D eigenvalue weighted by molar-refractivity contribution is 9.10. The minimum absolute atomic E-state index is 0.321. The minimum atomic E-state index is -1.15. The van der Waals surface area contributed by atoms with E-state index in [1.807, 2.05) is 0 Å². The van der Waals surface area contributed by atoms with Gasteiger partial charge in [0.2, 0.25) is 0 Å². The van der Waals surface area contributed by atoms with Crippen molar-refractivity contribution in [2.45, 2.75) is 33.3 Å². The van der Waals surface area contributed by atoms with Crippen molar-refractivity contribution < 1.29 is 9.50 Å². The topological polar surface area (TPSA) is 20.2 Å². The Labute approximate surface area is 92.1 Å². The predicted molar refractivity (Wildman–Crippen MR) is 58.8 cm³/mol. The molecule has 3 heteroatoms. The van der Waals surface area contributed by atoms with Crippen molar-refractivity contribution in [3.8, 4) is 0 Å². The Bertz CT molecular complexity index is 340. The van der Waals surface area contributed by atoms with Crippen LogP contribution >= 0.6 is 15.9 Å². The Morgan fingerprint density at radius 3 is 2.29 bits per heavy atom. The molecule has 0 aliphatic rings. The molecule has 0 heterocycles. The third-order valence-electron chi connectivity index (χ3n) is 2.25. The van der Waals surface area contributed by atoms with Crippen molar-refractivity contribution in [2.75, 3.05) is 0 Å². The van der Waals surface area contributed by atoms with Crippen LogP contribution in [0.5, 0.6) is 0 Å². The van der Waals surface area contributed by atoms with Gasteiger partial charge in [-0.15, -0.1) is 0 Å². The quantitative estimate of drug-likeness (QED) is 0.821. The average molecular weight is 261 g/mol. The highest BCUT2D eigenvalue weighted by Crippen LogP contribution is 2.32. The summed E-state index contributed by atoms with van der Waals surface area (Å²) in [4.78, 5) is 0. The first-order chi connectivity index (χ1) is 6.25. The Kier molecular flexibility index (Phi) is 3.02. The molecule has 0 unspecified atom stereocenters. The van der Waals surface area contributed by atoms with Gasteiger partial charge in [-0.1, -0.05) is 15.9 Å². The van der Waals surface area contributed by atoms with Crippen LogP contribution in [0.15, 0.2) is 10.5 Å². The van der Waals surface area contributed by atoms with Gasteiger partial charge >= 0.3 is 0 Å². The average Bonchev–Trinajstić information content (AvgIpc) is 1.98. The number of aryl methyl sites for hydroxylation is 1. The zero-order chi connectivity index (χ0) is 11.1. The fourth-order valence-electron chi connectivity index (χ4n) is 1.57. The molecule has 0 saturated carbocycles. The van der Waals surface area contributed by atoms with Gasteiger partial charge in [-0.3, -0.25) is 0 Å². The number of hydrogen-bond donors (Lipinski definition) is 1. The second-order valence-electron chi connectivity index (χ2n) is 4.05. The van der Waals surface area contributed by atoms with Crippen molar-refractivity contribution in [3.05, 3.63) is 33.0 Å². The molecule has 1 N–H and O–H groups in total. The minimum Gasteiger partial charge on any atom is -0.386 e. The lowest BCUT2D eigenvalue weighted by Gasteiger charge is -2.23. The standard InChI is InChI=1S/C11H14BrFO/c1-6-5-8(12)7(2)9(10(6)13)11(3,4)14/h5,14H,1-4H3. The highest BCUT2D eigenvalue weighted by atomic mass is 79.9. The van der Waals surface area contributed by atoms with Gasteiger partial charge in [0.25, 0.3) is 0 Å². The van der Waals surface area contributed by atoms with Crippen LogP contribution in [0.25, 0.3) is 0 Å². The molecule has 0 atom stereocenters. The molecule has 0 fully saturated rings. The highest BCUT2D eigenvalue weighted by Gasteiger charge is 2.25. The number of aliphatic hydroxyl groups is 1. The summed E-state index contributed by atoms with van der Waals surface area (Å²) >= 11 is 3.35. The van der Waals surface area contributed by atoms with Crippen LogP contribution in [0.4, 0.5) is 4.39 Å². The van der Waals surface area contributed by atoms with E-state index in [0.29, 0.717) is 11.1 Å². The predicted octanol–water partition coefficient (Wildman–Crippen LogP) is 3.43. The number of halogens is 2. The van der Waals surface area contributed by atoms with Gasteiger partial charge in [0.1, 0.15) is 5.82 Å². The monoisotopic (exact) mass is 260 g/mol. The molecule has 1 nitrogen and oxygen atoms in total. The lowest BCUT2D eigenvalue weighted by molar-refractivity contribution is 0.0736. The van der Waals surface area contributed by atoms with Gasteiger partial charge in [0.15, 0.2) is 0 Å². The molecule has 0 saturated heterocycles. The van der Waals surface area contributed by atoms with Crippen LogP contribution in [0.3, 0.4) is 0 Å². The van der Waals surface area contributed by atoms with Crippen molar-refractivity contribution >= 4 is 15.9 Å². The molecule has 1 aromatic carbocycles. The van der Waals surface area contributed by atoms with Gasteiger partial charge in [-0.25, -0.2) is 4.39 Å². The molecule has 14 heavy (non-hydrogen) atoms. The maximum atomic E-state index is 13.8. The van der Waals surface area contributed by atoms with Crippen LogP contribution in [0.2, 0.25) is 0 Å². The Balaban J connectivity index is 3.56. The summed E-state index contributed by atoms with van der Waals surface area (Å²) in [6, 6.07) is 1.72. The molecule has 78 valence electrons. The van der Waals surface area contributed by atoms with Crippen LogP contribution in [0, 0.1) is 19.7 Å². The Hall–Kier alpha value is -0.410. The van der Waals surface area contributed by atoms with Crippen LogP contribution in [-0.4, -0.2) is 5.11 Å². The molecule has 1 aromatic rings. The fraction of sp³-hybridized carbons (Fsp3) is 0.455. The lowest BCUT2D eigenvalue weighted by atomic mass is 9.91. The number of rotatable bonds is 1. The summed E-state index contributed by atoms with van der Waals surface area (Å²) < 4.78 is 14.6. The molecule has 0 aromatic heterocycles. The first-order valence-corrected chi connectivity index (χ1v) is 5.22. The summed E-state index contributed by atoms with van der Waals surface area (Å²) in [6.45, 7) is 6.66. The normalized spacial score (nSPS) is 11.9. The first kappa shape index (κ1) is 11.7. The summed E-state index contributed by atoms with van der Waals surface area (Å²) in [5.41, 5.74) is 0.507. The summed E-state index contributed by atoms with van der Waals surface area (Å²) in [6.07, 6.45) is 0. The largest absolute Gasteiger partial charge is 0.386 e. The zero-order valence-electron chi connectivity index (χ0n) is 8.78. The smallest absolute Gasteiger partial charge is 0.132 e. The summed E-state index contributed by atoms with van der Waals surface area (Å²) in [5.74, 6) is -0.321. The van der Waals surface area contributed by atoms with Gasteiger partial charge in [0, 0.05) is 10.0 Å². The summed E-state index contributed by atoms with van der Waals surface area (Å²) in [5, 5.41) is 9.84. The third kappa shape index (κ3) is 1.98. The molecule has 1 rings (SSSR count). The van der Waals surface area contributed by atoms with E-state index in [1.165, 1.54) is 0 Å². The molecule has 0 bridgehead atoms. The molecular formula is C11H14BrFO. The maximum absolute atomic E-state index is 13.8. The van der Waals surface area contributed by atoms with Crippen molar-refractivity contribution in [2.24, 2.45) is 0 Å². The van der Waals surface area contributed by atoms with Crippen molar-refractivity contribution in [1.82, 2.24) is 0 Å². The number of hydrogen-bond acceptors (Lipinski definition) is 1. The van der Waals surface area contributed by atoms with E-state index in [1.54, 1.807) is 33.8 Å². The van der Waals surface area contributed by atoms with Crippen molar-refractivity contribution in [1.29, 1.82) is 0 Å². The number of benzene rings is 1. The Morgan fingerprint density at radius 1 is 1.36 bits per heavy atom. The summed E-state index contributed by atoms with van der Waals surface area (Å²) in [7, 11) is 0. The van der Waals surface area contributed by atoms with E-state index in [0.717, 1.165) is 10.0 Å². The van der Waals surface area contributed by atoms with E-state index < -0.39 is 5.60 Å². The fourth-order valence-corrected chi connectivity index (χ4v) is 2.11. The third-order valence-corrected chi connectivity index (χ3v) is 3.08. The van der Waals surface area contributed by atoms with E-state index in [9.17, 15) is 9.50 Å². The second-order valence-corrected chi connectivity index (χ2v) is 4.90. The molecule has 0 aliphatic carbocycles. The van der Waals surface area contributed by atoms with E-state index in [-0.39, 0.29) is 5.82 Å². The van der Waals surface area contributed by atoms with E-state index in [2.05, 4.69) is 15.9 Å². The van der Waals surface area contributed by atoms with Gasteiger partial charge in [0.05, 0.1) is 5.60 Å².